The molecule has 1 aromatic carbocycles. The molecule has 0 spiro atoms. The monoisotopic (exact) mass is 567 g/mol. The molecule has 2 heterocycles. The molecule has 40 heavy (non-hydrogen) atoms. The van der Waals surface area contributed by atoms with E-state index in [2.05, 4.69) is 11.9 Å². The van der Waals surface area contributed by atoms with Gasteiger partial charge in [-0.05, 0) is 56.2 Å². The third kappa shape index (κ3) is 9.54. The summed E-state index contributed by atoms with van der Waals surface area (Å²) in [5.41, 5.74) is 6.52. The Balaban J connectivity index is 0.000000660. The number of halogens is 1. The first-order valence-corrected chi connectivity index (χ1v) is 13.1. The number of alkyl carbamates (subject to hydrolysis) is 1. The van der Waals surface area contributed by atoms with Crippen LogP contribution < -0.4 is 11.1 Å². The van der Waals surface area contributed by atoms with Crippen molar-refractivity contribution < 1.29 is 41.1 Å². The van der Waals surface area contributed by atoms with Crippen molar-refractivity contribution in [3.63, 3.8) is 0 Å². The highest BCUT2D eigenvalue weighted by molar-refractivity contribution is 5.89. The minimum atomic E-state index is -1.00. The summed E-state index contributed by atoms with van der Waals surface area (Å²) in [7, 11) is 3.37. The third-order valence-electron chi connectivity index (χ3n) is 6.67. The van der Waals surface area contributed by atoms with E-state index in [-0.39, 0.29) is 39.7 Å². The maximum Gasteiger partial charge on any atom is 0.407 e. The predicted molar refractivity (Wildman–Crippen MR) is 147 cm³/mol. The van der Waals surface area contributed by atoms with Gasteiger partial charge in [0.25, 0.3) is 0 Å². The number of nitrogens with one attached hydrogen (secondary N) is 1. The Morgan fingerprint density at radius 3 is 2.38 bits per heavy atom. The van der Waals surface area contributed by atoms with Gasteiger partial charge in [0.15, 0.2) is 0 Å². The first-order valence-electron chi connectivity index (χ1n) is 13.1. The van der Waals surface area contributed by atoms with E-state index in [4.69, 9.17) is 15.6 Å². The molecule has 5 amide bonds. The van der Waals surface area contributed by atoms with Crippen LogP contribution in [0, 0.1) is 5.82 Å². The Kier molecular flexibility index (Phi) is 12.4. The zero-order valence-electron chi connectivity index (χ0n) is 22.9. The highest BCUT2D eigenvalue weighted by Crippen LogP contribution is 2.24. The van der Waals surface area contributed by atoms with E-state index in [0.717, 1.165) is 37.7 Å². The van der Waals surface area contributed by atoms with Crippen LogP contribution in [0.3, 0.4) is 0 Å². The van der Waals surface area contributed by atoms with Crippen molar-refractivity contribution in [2.45, 2.75) is 63.8 Å². The Bertz CT molecular complexity index is 1100. The topological polar surface area (TPSA) is 163 Å². The molecule has 1 atom stereocenters. The summed E-state index contributed by atoms with van der Waals surface area (Å²) < 4.78 is 18.3. The van der Waals surface area contributed by atoms with Crippen LogP contribution in [0.15, 0.2) is 30.9 Å². The summed E-state index contributed by atoms with van der Waals surface area (Å²) in [6.45, 7) is 4.10. The van der Waals surface area contributed by atoms with Gasteiger partial charge in [0.1, 0.15) is 24.5 Å². The number of rotatable bonds is 5. The van der Waals surface area contributed by atoms with Crippen molar-refractivity contribution in [1.82, 2.24) is 20.0 Å². The van der Waals surface area contributed by atoms with Crippen molar-refractivity contribution in [3.05, 3.63) is 47.8 Å². The number of hydrogen-bond donors (Lipinski definition) is 3. The highest BCUT2D eigenvalue weighted by atomic mass is 19.1. The fourth-order valence-electron chi connectivity index (χ4n) is 4.51. The number of hydrogen-bond acceptors (Lipinski definition) is 6. The van der Waals surface area contributed by atoms with Crippen molar-refractivity contribution in [2.75, 3.05) is 27.2 Å². The summed E-state index contributed by atoms with van der Waals surface area (Å²) in [5, 5.41) is 11.1. The van der Waals surface area contributed by atoms with Gasteiger partial charge in [-0.3, -0.25) is 19.3 Å². The van der Waals surface area contributed by atoms with Crippen LogP contribution in [0.5, 0.6) is 0 Å². The van der Waals surface area contributed by atoms with Crippen molar-refractivity contribution in [1.29, 1.82) is 0 Å². The van der Waals surface area contributed by atoms with E-state index in [1.165, 1.54) is 26.8 Å². The molecule has 0 radical (unpaired) electrons. The first-order chi connectivity index (χ1) is 18.9. The number of carboxylic acid groups (broad SMARTS) is 1. The van der Waals surface area contributed by atoms with Gasteiger partial charge >= 0.3 is 12.2 Å². The van der Waals surface area contributed by atoms with Crippen LogP contribution in [-0.2, 0) is 32.2 Å². The van der Waals surface area contributed by atoms with Crippen molar-refractivity contribution >= 4 is 29.9 Å². The summed E-state index contributed by atoms with van der Waals surface area (Å²) in [6, 6.07) is 4.15. The second-order valence-electron chi connectivity index (χ2n) is 9.77. The fourth-order valence-corrected chi connectivity index (χ4v) is 4.51. The second kappa shape index (κ2) is 15.4. The average molecular weight is 568 g/mol. The van der Waals surface area contributed by atoms with Gasteiger partial charge in [-0.25, -0.2) is 14.0 Å². The Labute approximate surface area is 235 Å². The lowest BCUT2D eigenvalue weighted by atomic mass is 10.1. The van der Waals surface area contributed by atoms with Crippen LogP contribution in [0.25, 0.3) is 0 Å². The number of likely N-dealkylation sites (N-methyl/N-ethyl adjacent to an activating group) is 1. The Morgan fingerprint density at radius 1 is 1.18 bits per heavy atom. The van der Waals surface area contributed by atoms with Gasteiger partial charge in [0.2, 0.25) is 17.7 Å². The Hall–Kier alpha value is -4.16. The molecule has 13 heteroatoms. The van der Waals surface area contributed by atoms with Gasteiger partial charge in [-0.1, -0.05) is 18.7 Å². The summed E-state index contributed by atoms with van der Waals surface area (Å²) in [4.78, 5) is 59.7. The van der Waals surface area contributed by atoms with E-state index in [1.807, 2.05) is 0 Å². The maximum absolute atomic E-state index is 13.1. The third-order valence-corrected chi connectivity index (χ3v) is 6.67. The SMILES string of the molecule is C=CC(=O)N(C)C.NC(=O)C1CCCN1C(=O)CNC(=O)OC1CCCC1.O=C(O)N1Cc2cccc(F)c2C1.[HH].[HH]. The number of carbonyl (C=O) groups is 5. The van der Waals surface area contributed by atoms with E-state index < -0.39 is 24.1 Å². The van der Waals surface area contributed by atoms with Gasteiger partial charge in [0.05, 0.1) is 6.54 Å². The molecule has 2 aliphatic heterocycles. The van der Waals surface area contributed by atoms with Crippen LogP contribution in [0.4, 0.5) is 14.0 Å². The van der Waals surface area contributed by atoms with Crippen LogP contribution >= 0.6 is 0 Å². The van der Waals surface area contributed by atoms with E-state index >= 15 is 0 Å². The lowest BCUT2D eigenvalue weighted by Crippen LogP contribution is -2.47. The molecule has 0 bridgehead atoms. The Morgan fingerprint density at radius 2 is 1.85 bits per heavy atom. The van der Waals surface area contributed by atoms with Gasteiger partial charge in [-0.2, -0.15) is 0 Å². The molecule has 1 saturated heterocycles. The quantitative estimate of drug-likeness (QED) is 0.461. The minimum Gasteiger partial charge on any atom is -0.465 e. The summed E-state index contributed by atoms with van der Waals surface area (Å²) >= 11 is 0. The van der Waals surface area contributed by atoms with Crippen LogP contribution in [0.2, 0.25) is 0 Å². The van der Waals surface area contributed by atoms with Crippen LogP contribution in [0.1, 0.15) is 52.5 Å². The molecule has 1 saturated carbocycles. The number of amides is 5. The molecular formula is C27H42FN5O7. The van der Waals surface area contributed by atoms with Gasteiger partial charge < -0.3 is 30.7 Å². The molecule has 12 nitrogen and oxygen atoms in total. The van der Waals surface area contributed by atoms with Crippen molar-refractivity contribution in [2.24, 2.45) is 5.73 Å². The van der Waals surface area contributed by atoms with Gasteiger partial charge in [-0.15, -0.1) is 0 Å². The van der Waals surface area contributed by atoms with Gasteiger partial charge in [0, 0.05) is 35.6 Å². The minimum absolute atomic E-state index is 0. The second-order valence-corrected chi connectivity index (χ2v) is 9.77. The first kappa shape index (κ1) is 32.1. The van der Waals surface area contributed by atoms with Crippen LogP contribution in [-0.4, -0.2) is 89.0 Å². The number of primary amides is 1. The zero-order chi connectivity index (χ0) is 29.8. The molecular weight excluding hydrogens is 525 g/mol. The van der Waals surface area contributed by atoms with E-state index in [9.17, 15) is 28.4 Å². The molecule has 4 rings (SSSR count). The number of nitrogens with zero attached hydrogens (tertiary/aromatic N) is 3. The lowest BCUT2D eigenvalue weighted by molar-refractivity contribution is -0.136. The standard InChI is InChI=1S/C13H21N3O4.C9H8FNO2.C5H9NO.2H2/c14-12(18)10-6-3-7-16(10)11(17)8-15-13(19)20-9-4-1-2-5-9;10-8-3-1-2-6-4-11(9(12)13)5-7(6)8;1-4-5(7)6(2)3;;/h9-10H,1-8H2,(H2,14,18)(H,15,19);1-3H,4-5H2,(H,12,13);4H,1H2,2-3H3;2*1H. The lowest BCUT2D eigenvalue weighted by Gasteiger charge is -2.22. The van der Waals surface area contributed by atoms with Crippen molar-refractivity contribution in [3.8, 4) is 0 Å². The number of ether oxygens (including phenoxy) is 1. The molecule has 1 aliphatic carbocycles. The van der Waals surface area contributed by atoms with E-state index in [1.54, 1.807) is 26.2 Å². The molecule has 0 aromatic heterocycles. The normalized spacial score (nSPS) is 17.4. The highest BCUT2D eigenvalue weighted by Gasteiger charge is 2.32. The summed E-state index contributed by atoms with van der Waals surface area (Å²) in [6.07, 6.45) is 4.94. The zero-order valence-corrected chi connectivity index (χ0v) is 22.9. The number of benzene rings is 1. The number of likely N-dealkylation sites (tertiary alicyclic amines) is 1. The van der Waals surface area contributed by atoms with E-state index in [0.29, 0.717) is 25.1 Å². The molecule has 1 unspecified atom stereocenters. The molecule has 1 aromatic rings. The maximum atomic E-state index is 13.1. The number of carbonyl (C=O) groups excluding carboxylic acids is 4. The average Bonchev–Trinajstić information content (AvgIpc) is 3.68. The largest absolute Gasteiger partial charge is 0.465 e. The predicted octanol–water partition coefficient (Wildman–Crippen LogP) is 2.70. The molecule has 3 aliphatic rings. The molecule has 2 fully saturated rings. The number of fused-ring (bicyclic) bond motifs is 1. The molecule has 224 valence electrons. The smallest absolute Gasteiger partial charge is 0.407 e. The number of nitrogens with two attached hydrogens (primary N) is 1. The molecule has 4 N–H and O–H groups in total. The summed E-state index contributed by atoms with van der Waals surface area (Å²) in [5.74, 6) is -1.17. The fraction of sp³-hybridized carbons (Fsp3) is 0.519.